The van der Waals surface area contributed by atoms with E-state index in [0.29, 0.717) is 35.6 Å². The molecule has 16 heteroatoms. The number of hydrogen-bond donors (Lipinski definition) is 2. The maximum Gasteiger partial charge on any atom is 0.412 e. The third-order valence-electron chi connectivity index (χ3n) is 11.6. The van der Waals surface area contributed by atoms with Gasteiger partial charge >= 0.3 is 18.0 Å². The SMILES string of the molecule is COC(=O)C[C@H](C)N(Cc1ccc(F)cc1)c1ccc(NC(=O)OC(C)(C)C)c2ccccc12.COC(=O)C[C@H](C)N(Cc1ccc(F)cc1)c1ccc(NS(=O)(=O)c2ccc(OC)cc2)c2ccccc12. The van der Waals surface area contributed by atoms with Crippen LogP contribution >= 0.6 is 0 Å². The van der Waals surface area contributed by atoms with Crippen LogP contribution in [0.2, 0.25) is 0 Å². The average molecular weight is 1000 g/mol. The van der Waals surface area contributed by atoms with E-state index < -0.39 is 21.7 Å². The fourth-order valence-corrected chi connectivity index (χ4v) is 9.12. The third-order valence-corrected chi connectivity index (χ3v) is 13.0. The van der Waals surface area contributed by atoms with E-state index in [1.54, 1.807) is 42.5 Å². The molecular weight excluding hydrogens is 943 g/mol. The number of anilines is 4. The lowest BCUT2D eigenvalue weighted by molar-refractivity contribution is -0.141. The Morgan fingerprint density at radius 2 is 0.986 bits per heavy atom. The molecule has 0 saturated carbocycles. The highest BCUT2D eigenvalue weighted by Gasteiger charge is 2.25. The van der Waals surface area contributed by atoms with Crippen LogP contribution in [0.4, 0.5) is 36.3 Å². The maximum atomic E-state index is 13.5. The summed E-state index contributed by atoms with van der Waals surface area (Å²) in [5, 5.41) is 6.05. The second-order valence-corrected chi connectivity index (χ2v) is 19.7. The fourth-order valence-electron chi connectivity index (χ4n) is 8.04. The normalized spacial score (nSPS) is 12.1. The molecular formula is C56H60F2N4O9S. The van der Waals surface area contributed by atoms with E-state index in [9.17, 15) is 31.6 Å². The summed E-state index contributed by atoms with van der Waals surface area (Å²) in [6.45, 7) is 10.1. The zero-order chi connectivity index (χ0) is 52.2. The molecule has 0 aliphatic carbocycles. The van der Waals surface area contributed by atoms with Crippen LogP contribution < -0.4 is 24.6 Å². The number of ether oxygens (including phenoxy) is 4. The van der Waals surface area contributed by atoms with Crippen LogP contribution in [0.3, 0.4) is 0 Å². The number of benzene rings is 7. The van der Waals surface area contributed by atoms with Crippen LogP contribution in [0.1, 0.15) is 58.6 Å². The number of hydrogen-bond acceptors (Lipinski definition) is 11. The van der Waals surface area contributed by atoms with Gasteiger partial charge in [0.05, 0.1) is 50.4 Å². The van der Waals surface area contributed by atoms with Gasteiger partial charge in [0.1, 0.15) is 23.0 Å². The van der Waals surface area contributed by atoms with Crippen LogP contribution in [0.5, 0.6) is 5.75 Å². The highest BCUT2D eigenvalue weighted by molar-refractivity contribution is 7.92. The minimum Gasteiger partial charge on any atom is -0.497 e. The van der Waals surface area contributed by atoms with Gasteiger partial charge in [0.2, 0.25) is 0 Å². The second kappa shape index (κ2) is 23.9. The summed E-state index contributed by atoms with van der Waals surface area (Å²) in [7, 11) is 0.360. The lowest BCUT2D eigenvalue weighted by Gasteiger charge is -2.32. The first kappa shape index (κ1) is 53.6. The third kappa shape index (κ3) is 14.2. The molecule has 0 aromatic heterocycles. The molecule has 7 aromatic carbocycles. The first-order valence-electron chi connectivity index (χ1n) is 23.1. The molecule has 0 radical (unpaired) electrons. The van der Waals surface area contributed by atoms with Gasteiger partial charge in [-0.2, -0.15) is 0 Å². The summed E-state index contributed by atoms with van der Waals surface area (Å²) in [6.07, 6.45) is -0.213. The van der Waals surface area contributed by atoms with Gasteiger partial charge in [-0.3, -0.25) is 19.6 Å². The molecule has 0 heterocycles. The van der Waals surface area contributed by atoms with Crippen molar-refractivity contribution >= 4 is 72.3 Å². The molecule has 0 unspecified atom stereocenters. The maximum absolute atomic E-state index is 13.5. The van der Waals surface area contributed by atoms with Gasteiger partial charge in [0.15, 0.2) is 0 Å². The number of nitrogens with zero attached hydrogens (tertiary/aromatic N) is 2. The number of fused-ring (bicyclic) bond motifs is 2. The van der Waals surface area contributed by atoms with Gasteiger partial charge in [-0.1, -0.05) is 72.8 Å². The molecule has 0 spiro atoms. The molecule has 0 aliphatic rings. The quantitative estimate of drug-likeness (QED) is 0.0662. The van der Waals surface area contributed by atoms with Crippen molar-refractivity contribution in [3.63, 3.8) is 0 Å². The zero-order valence-corrected chi connectivity index (χ0v) is 42.4. The summed E-state index contributed by atoms with van der Waals surface area (Å²) in [5.74, 6) is -0.747. The Morgan fingerprint density at radius 1 is 0.569 bits per heavy atom. The van der Waals surface area contributed by atoms with Crippen LogP contribution in [-0.2, 0) is 46.9 Å². The lowest BCUT2D eigenvalue weighted by atomic mass is 10.0. The molecule has 0 fully saturated rings. The Bertz CT molecular complexity index is 3090. The van der Waals surface area contributed by atoms with E-state index in [2.05, 4.69) is 14.9 Å². The van der Waals surface area contributed by atoms with Crippen molar-refractivity contribution in [2.24, 2.45) is 0 Å². The Morgan fingerprint density at radius 3 is 1.40 bits per heavy atom. The van der Waals surface area contributed by atoms with Crippen LogP contribution in [0.25, 0.3) is 21.5 Å². The molecule has 0 bridgehead atoms. The van der Waals surface area contributed by atoms with Crippen molar-refractivity contribution < 1.29 is 50.5 Å². The Hall–Kier alpha value is -7.72. The summed E-state index contributed by atoms with van der Waals surface area (Å²) in [4.78, 5) is 40.8. The van der Waals surface area contributed by atoms with Crippen molar-refractivity contribution in [1.82, 2.24) is 0 Å². The monoisotopic (exact) mass is 1000 g/mol. The van der Waals surface area contributed by atoms with Crippen LogP contribution in [0, 0.1) is 11.6 Å². The summed E-state index contributed by atoms with van der Waals surface area (Å²) in [6, 6.07) is 40.6. The molecule has 72 heavy (non-hydrogen) atoms. The number of amides is 1. The molecule has 7 rings (SSSR count). The van der Waals surface area contributed by atoms with Crippen LogP contribution in [0.15, 0.2) is 150 Å². The molecule has 0 saturated heterocycles. The van der Waals surface area contributed by atoms with Gasteiger partial charge in [-0.25, -0.2) is 22.0 Å². The summed E-state index contributed by atoms with van der Waals surface area (Å²) >= 11 is 0. The van der Waals surface area contributed by atoms with E-state index in [1.807, 2.05) is 106 Å². The van der Waals surface area contributed by atoms with Gasteiger partial charge in [-0.15, -0.1) is 0 Å². The van der Waals surface area contributed by atoms with Crippen molar-refractivity contribution in [2.45, 2.75) is 83.1 Å². The number of esters is 2. The molecule has 7 aromatic rings. The van der Waals surface area contributed by atoms with Crippen molar-refractivity contribution in [2.75, 3.05) is 41.2 Å². The van der Waals surface area contributed by atoms with Crippen molar-refractivity contribution in [1.29, 1.82) is 0 Å². The largest absolute Gasteiger partial charge is 0.497 e. The summed E-state index contributed by atoms with van der Waals surface area (Å²) < 4.78 is 76.3. The molecule has 378 valence electrons. The van der Waals surface area contributed by atoms with Gasteiger partial charge < -0.3 is 28.7 Å². The number of carbonyl (C=O) groups excluding carboxylic acids is 3. The molecule has 0 aliphatic heterocycles. The molecule has 1 amide bonds. The first-order valence-corrected chi connectivity index (χ1v) is 24.6. The van der Waals surface area contributed by atoms with E-state index in [1.165, 1.54) is 57.7 Å². The number of nitrogens with one attached hydrogen (secondary N) is 2. The Labute approximate surface area is 419 Å². The minimum atomic E-state index is -3.87. The average Bonchev–Trinajstić information content (AvgIpc) is 3.36. The number of carbonyl (C=O) groups is 3. The molecule has 2 N–H and O–H groups in total. The van der Waals surface area contributed by atoms with Crippen LogP contribution in [-0.4, -0.2) is 65.5 Å². The van der Waals surface area contributed by atoms with E-state index >= 15 is 0 Å². The van der Waals surface area contributed by atoms with Crippen molar-refractivity contribution in [3.8, 4) is 5.75 Å². The number of methoxy groups -OCH3 is 3. The minimum absolute atomic E-state index is 0.107. The predicted octanol–water partition coefficient (Wildman–Crippen LogP) is 12.0. The predicted molar refractivity (Wildman–Crippen MR) is 279 cm³/mol. The number of rotatable bonds is 17. The first-order chi connectivity index (χ1) is 34.3. The number of halogens is 2. The Balaban J connectivity index is 0.000000237. The van der Waals surface area contributed by atoms with Crippen molar-refractivity contribution in [3.05, 3.63) is 168 Å². The second-order valence-electron chi connectivity index (χ2n) is 18.0. The number of sulfonamides is 1. The van der Waals surface area contributed by atoms with Gasteiger partial charge in [0, 0.05) is 58.1 Å². The zero-order valence-electron chi connectivity index (χ0n) is 41.6. The van der Waals surface area contributed by atoms with E-state index in [-0.39, 0.29) is 53.4 Å². The smallest absolute Gasteiger partial charge is 0.412 e. The fraction of sp³-hybridized carbons (Fsp3) is 0.268. The molecule has 2 atom stereocenters. The summed E-state index contributed by atoms with van der Waals surface area (Å²) in [5.41, 5.74) is 3.86. The Kier molecular flexibility index (Phi) is 17.8. The molecule has 13 nitrogen and oxygen atoms in total. The topological polar surface area (TPSA) is 153 Å². The standard InChI is InChI=1S/C29H29FN2O5S.C27H31FN2O4/c1-20(18-29(33)37-3)32(19-21-8-10-22(30)11-9-21)28-17-16-27(25-6-4-5-7-26(25)28)31-38(34,35)24-14-12-23(36-2)13-15-24;1-18(16-25(31)33-5)30(17-19-10-12-20(28)13-11-19)24-15-14-23(21-8-6-7-9-22(21)24)29-26(32)34-27(2,3)4/h4-17,20,31H,18-19H2,1-3H3;6-15,18H,16-17H2,1-5H3,(H,29,32)/t20-;18-/m00/s1. The highest BCUT2D eigenvalue weighted by Crippen LogP contribution is 2.37. The van der Waals surface area contributed by atoms with Gasteiger partial charge in [-0.05, 0) is 119 Å². The van der Waals surface area contributed by atoms with E-state index in [0.717, 1.165) is 38.7 Å². The highest BCUT2D eigenvalue weighted by atomic mass is 32.2. The van der Waals surface area contributed by atoms with E-state index in [4.69, 9.17) is 18.9 Å². The van der Waals surface area contributed by atoms with Gasteiger partial charge in [0.25, 0.3) is 10.0 Å². The lowest BCUT2D eigenvalue weighted by Crippen LogP contribution is -2.35.